The molecule has 3 N–H and O–H groups in total. The van der Waals surface area contributed by atoms with Crippen molar-refractivity contribution < 1.29 is 5.11 Å². The van der Waals surface area contributed by atoms with E-state index in [1.807, 2.05) is 11.8 Å². The van der Waals surface area contributed by atoms with Crippen LogP contribution in [-0.2, 0) is 0 Å². The highest BCUT2D eigenvalue weighted by Crippen LogP contribution is 2.19. The molecule has 4 heteroatoms. The Morgan fingerprint density at radius 1 is 1.57 bits per heavy atom. The van der Waals surface area contributed by atoms with Crippen molar-refractivity contribution in [3.05, 3.63) is 0 Å². The molecule has 2 saturated heterocycles. The van der Waals surface area contributed by atoms with Crippen LogP contribution in [0.5, 0.6) is 0 Å². The zero-order valence-electron chi connectivity index (χ0n) is 8.59. The molecule has 0 spiro atoms. The fraction of sp³-hybridized carbons (Fsp3) is 1.00. The smallest absolute Gasteiger partial charge is 0.0895 e. The highest BCUT2D eigenvalue weighted by molar-refractivity contribution is 7.99. The Morgan fingerprint density at radius 3 is 3.14 bits per heavy atom. The summed E-state index contributed by atoms with van der Waals surface area (Å²) in [7, 11) is 0. The lowest BCUT2D eigenvalue weighted by Gasteiger charge is -2.33. The van der Waals surface area contributed by atoms with Crippen LogP contribution in [0.25, 0.3) is 0 Å². The molecule has 0 aromatic carbocycles. The van der Waals surface area contributed by atoms with Gasteiger partial charge in [0.1, 0.15) is 0 Å². The molecule has 2 atom stereocenters. The first-order valence-electron chi connectivity index (χ1n) is 5.53. The van der Waals surface area contributed by atoms with Crippen LogP contribution in [0.15, 0.2) is 0 Å². The minimum atomic E-state index is -0.495. The molecule has 2 aliphatic rings. The van der Waals surface area contributed by atoms with Gasteiger partial charge in [-0.05, 0) is 31.6 Å². The Balaban J connectivity index is 1.72. The fourth-order valence-corrected chi connectivity index (χ4v) is 3.32. The van der Waals surface area contributed by atoms with E-state index < -0.39 is 5.60 Å². The number of thioether (sulfide) groups is 1. The van der Waals surface area contributed by atoms with E-state index in [4.69, 9.17) is 0 Å². The Hall–Kier alpha value is 0.230. The Kier molecular flexibility index (Phi) is 3.71. The quantitative estimate of drug-likeness (QED) is 0.630. The van der Waals surface area contributed by atoms with Gasteiger partial charge in [0.25, 0.3) is 0 Å². The predicted molar refractivity (Wildman–Crippen MR) is 60.8 cm³/mol. The van der Waals surface area contributed by atoms with Gasteiger partial charge in [-0.3, -0.25) is 0 Å². The van der Waals surface area contributed by atoms with Gasteiger partial charge in [-0.15, -0.1) is 0 Å². The second kappa shape index (κ2) is 4.84. The molecule has 0 radical (unpaired) electrons. The first-order valence-corrected chi connectivity index (χ1v) is 6.68. The van der Waals surface area contributed by atoms with E-state index in [1.54, 1.807) is 0 Å². The van der Waals surface area contributed by atoms with Crippen LogP contribution in [0.2, 0.25) is 0 Å². The zero-order valence-corrected chi connectivity index (χ0v) is 9.41. The van der Waals surface area contributed by atoms with Crippen LogP contribution in [0.4, 0.5) is 0 Å². The molecule has 82 valence electrons. The summed E-state index contributed by atoms with van der Waals surface area (Å²) < 4.78 is 0. The van der Waals surface area contributed by atoms with Crippen molar-refractivity contribution in [2.24, 2.45) is 0 Å². The summed E-state index contributed by atoms with van der Waals surface area (Å²) >= 11 is 2.01. The summed E-state index contributed by atoms with van der Waals surface area (Å²) in [4.78, 5) is 0. The lowest BCUT2D eigenvalue weighted by atomic mass is 9.94. The molecule has 0 aliphatic carbocycles. The third-order valence-corrected chi connectivity index (χ3v) is 4.26. The van der Waals surface area contributed by atoms with E-state index in [1.165, 1.54) is 17.9 Å². The van der Waals surface area contributed by atoms with E-state index in [9.17, 15) is 5.11 Å². The highest BCUT2D eigenvalue weighted by Gasteiger charge is 2.29. The maximum Gasteiger partial charge on any atom is 0.0895 e. The Labute approximate surface area is 90.0 Å². The fourth-order valence-electron chi connectivity index (χ4n) is 2.13. The molecular weight excluding hydrogens is 196 g/mol. The standard InChI is InChI=1S/C10H20N2OS/c13-10(3-1-4-11-7-10)8-12-9-2-5-14-6-9/h9,11-13H,1-8H2. The van der Waals surface area contributed by atoms with E-state index in [0.29, 0.717) is 6.04 Å². The van der Waals surface area contributed by atoms with Crippen molar-refractivity contribution >= 4 is 11.8 Å². The zero-order chi connectivity index (χ0) is 9.86. The van der Waals surface area contributed by atoms with E-state index in [2.05, 4.69) is 10.6 Å². The molecule has 2 fully saturated rings. The van der Waals surface area contributed by atoms with Gasteiger partial charge >= 0.3 is 0 Å². The van der Waals surface area contributed by atoms with Gasteiger partial charge in [-0.2, -0.15) is 11.8 Å². The van der Waals surface area contributed by atoms with Crippen molar-refractivity contribution in [1.82, 2.24) is 10.6 Å². The molecular formula is C10H20N2OS. The van der Waals surface area contributed by atoms with Gasteiger partial charge in [-0.1, -0.05) is 0 Å². The molecule has 0 bridgehead atoms. The third-order valence-electron chi connectivity index (χ3n) is 3.10. The lowest BCUT2D eigenvalue weighted by molar-refractivity contribution is 0.0154. The maximum atomic E-state index is 10.2. The van der Waals surface area contributed by atoms with Gasteiger partial charge in [0.05, 0.1) is 5.60 Å². The number of hydrogen-bond acceptors (Lipinski definition) is 4. The summed E-state index contributed by atoms with van der Waals surface area (Å²) in [5, 5.41) is 16.9. The summed E-state index contributed by atoms with van der Waals surface area (Å²) in [6, 6.07) is 0.631. The number of hydrogen-bond donors (Lipinski definition) is 3. The summed E-state index contributed by atoms with van der Waals surface area (Å²) in [6.45, 7) is 2.56. The van der Waals surface area contributed by atoms with Crippen molar-refractivity contribution in [2.75, 3.05) is 31.1 Å². The number of β-amino-alcohol motifs (C(OH)–C–C–N with tert-alkyl or cyclic N) is 1. The number of piperidine rings is 1. The minimum Gasteiger partial charge on any atom is -0.387 e. The predicted octanol–water partition coefficient (Wildman–Crippen LogP) is 0.196. The molecule has 0 saturated carbocycles. The number of aliphatic hydroxyl groups is 1. The van der Waals surface area contributed by atoms with Gasteiger partial charge in [0.2, 0.25) is 0 Å². The van der Waals surface area contributed by atoms with Crippen LogP contribution >= 0.6 is 11.8 Å². The number of rotatable bonds is 3. The van der Waals surface area contributed by atoms with E-state index in [0.717, 1.165) is 32.5 Å². The first-order chi connectivity index (χ1) is 6.79. The van der Waals surface area contributed by atoms with Crippen LogP contribution < -0.4 is 10.6 Å². The van der Waals surface area contributed by atoms with Crippen molar-refractivity contribution in [2.45, 2.75) is 30.9 Å². The average Bonchev–Trinajstić information content (AvgIpc) is 2.69. The SMILES string of the molecule is OC1(CNC2CCSC2)CCCNC1. The van der Waals surface area contributed by atoms with Crippen molar-refractivity contribution in [3.63, 3.8) is 0 Å². The lowest BCUT2D eigenvalue weighted by Crippen LogP contribution is -2.53. The van der Waals surface area contributed by atoms with E-state index >= 15 is 0 Å². The molecule has 2 rings (SSSR count). The number of nitrogens with one attached hydrogen (secondary N) is 2. The molecule has 0 aromatic rings. The van der Waals surface area contributed by atoms with E-state index in [-0.39, 0.29) is 0 Å². The van der Waals surface area contributed by atoms with Gasteiger partial charge in [0, 0.05) is 24.9 Å². The summed E-state index contributed by atoms with van der Waals surface area (Å²) in [5.41, 5.74) is -0.495. The normalized spacial score (nSPS) is 38.8. The van der Waals surface area contributed by atoms with Crippen LogP contribution in [-0.4, -0.2) is 47.9 Å². The molecule has 2 aliphatic heterocycles. The topological polar surface area (TPSA) is 44.3 Å². The van der Waals surface area contributed by atoms with Gasteiger partial charge < -0.3 is 15.7 Å². The van der Waals surface area contributed by atoms with Crippen LogP contribution in [0, 0.1) is 0 Å². The molecule has 0 amide bonds. The van der Waals surface area contributed by atoms with Crippen molar-refractivity contribution in [1.29, 1.82) is 0 Å². The van der Waals surface area contributed by atoms with Gasteiger partial charge in [-0.25, -0.2) is 0 Å². The minimum absolute atomic E-state index is 0.495. The molecule has 0 aromatic heterocycles. The largest absolute Gasteiger partial charge is 0.387 e. The van der Waals surface area contributed by atoms with Gasteiger partial charge in [0.15, 0.2) is 0 Å². The highest BCUT2D eigenvalue weighted by atomic mass is 32.2. The maximum absolute atomic E-state index is 10.2. The Bertz CT molecular complexity index is 177. The molecule has 14 heavy (non-hydrogen) atoms. The monoisotopic (exact) mass is 216 g/mol. The molecule has 2 unspecified atom stereocenters. The molecule has 2 heterocycles. The average molecular weight is 216 g/mol. The second-order valence-electron chi connectivity index (χ2n) is 4.45. The van der Waals surface area contributed by atoms with Crippen LogP contribution in [0.3, 0.4) is 0 Å². The Morgan fingerprint density at radius 2 is 2.50 bits per heavy atom. The molecule has 3 nitrogen and oxygen atoms in total. The second-order valence-corrected chi connectivity index (χ2v) is 5.60. The summed E-state index contributed by atoms with van der Waals surface area (Å²) in [6.07, 6.45) is 3.29. The third kappa shape index (κ3) is 2.86. The van der Waals surface area contributed by atoms with Crippen molar-refractivity contribution in [3.8, 4) is 0 Å². The van der Waals surface area contributed by atoms with Crippen LogP contribution in [0.1, 0.15) is 19.3 Å². The summed E-state index contributed by atoms with van der Waals surface area (Å²) in [5.74, 6) is 2.48. The first kappa shape index (κ1) is 10.7.